The fraction of sp³-hybridized carbons (Fsp3) is 0.273. The van der Waals surface area contributed by atoms with Crippen LogP contribution in [0.1, 0.15) is 0 Å². The molecule has 0 atom stereocenters. The average molecular weight is 271 g/mol. The molecule has 0 radical (unpaired) electrons. The van der Waals surface area contributed by atoms with E-state index in [1.54, 1.807) is 12.1 Å². The fourth-order valence-corrected chi connectivity index (χ4v) is 2.58. The molecule has 3 amide bonds. The first kappa shape index (κ1) is 12.3. The first-order valence-electron chi connectivity index (χ1n) is 5.13. The van der Waals surface area contributed by atoms with E-state index >= 15 is 0 Å². The van der Waals surface area contributed by atoms with E-state index in [1.807, 2.05) is 12.1 Å². The lowest BCUT2D eigenvalue weighted by atomic mass is 10.4. The van der Waals surface area contributed by atoms with Gasteiger partial charge in [-0.05, 0) is 18.2 Å². The second kappa shape index (κ2) is 5.42. The Morgan fingerprint density at radius 3 is 3.00 bits per heavy atom. The van der Waals surface area contributed by atoms with Gasteiger partial charge in [0.1, 0.15) is 0 Å². The molecule has 0 unspecified atom stereocenters. The third-order valence-electron chi connectivity index (χ3n) is 2.32. The van der Waals surface area contributed by atoms with Crippen molar-refractivity contribution >= 4 is 35.3 Å². The molecule has 90 valence electrons. The van der Waals surface area contributed by atoms with Gasteiger partial charge in [0, 0.05) is 23.0 Å². The largest absolute Gasteiger partial charge is 0.336 e. The van der Waals surface area contributed by atoms with Gasteiger partial charge < -0.3 is 5.32 Å². The molecule has 1 fully saturated rings. The van der Waals surface area contributed by atoms with Crippen molar-refractivity contribution in [1.82, 2.24) is 10.2 Å². The molecular weight excluding hydrogens is 260 g/mol. The third kappa shape index (κ3) is 3.14. The molecule has 0 bridgehead atoms. The number of hydrogen-bond acceptors (Lipinski definition) is 3. The number of urea groups is 1. The van der Waals surface area contributed by atoms with Crippen molar-refractivity contribution in [3.63, 3.8) is 0 Å². The number of halogens is 1. The second-order valence-corrected chi connectivity index (χ2v) is 5.01. The molecule has 0 aromatic heterocycles. The molecule has 1 saturated heterocycles. The van der Waals surface area contributed by atoms with Crippen LogP contribution in [0.3, 0.4) is 0 Å². The number of nitrogens with one attached hydrogen (secondary N) is 1. The van der Waals surface area contributed by atoms with E-state index in [0.717, 1.165) is 4.90 Å². The molecular formula is C11H11ClN2O2S. The number of carbonyl (C=O) groups is 2. The predicted octanol–water partition coefficient (Wildman–Crippen LogP) is 1.98. The van der Waals surface area contributed by atoms with Gasteiger partial charge in [-0.15, -0.1) is 11.8 Å². The summed E-state index contributed by atoms with van der Waals surface area (Å²) < 4.78 is 0. The van der Waals surface area contributed by atoms with Crippen molar-refractivity contribution in [3.8, 4) is 0 Å². The topological polar surface area (TPSA) is 49.4 Å². The first-order chi connectivity index (χ1) is 8.16. The monoisotopic (exact) mass is 270 g/mol. The van der Waals surface area contributed by atoms with Gasteiger partial charge in [-0.25, -0.2) is 4.79 Å². The number of carbonyl (C=O) groups excluding carboxylic acids is 2. The number of thioether (sulfide) groups is 1. The Kier molecular flexibility index (Phi) is 3.91. The molecule has 0 saturated carbocycles. The van der Waals surface area contributed by atoms with E-state index in [4.69, 9.17) is 11.6 Å². The van der Waals surface area contributed by atoms with Gasteiger partial charge in [-0.3, -0.25) is 9.69 Å². The first-order valence-corrected chi connectivity index (χ1v) is 6.50. The maximum atomic E-state index is 11.7. The number of nitrogens with zero attached hydrogens (tertiary/aromatic N) is 1. The second-order valence-electron chi connectivity index (χ2n) is 3.52. The van der Waals surface area contributed by atoms with Crippen molar-refractivity contribution < 1.29 is 9.59 Å². The van der Waals surface area contributed by atoms with Crippen LogP contribution in [-0.4, -0.2) is 35.7 Å². The van der Waals surface area contributed by atoms with Crippen LogP contribution < -0.4 is 5.32 Å². The Bertz CT molecular complexity index is 453. The zero-order valence-electron chi connectivity index (χ0n) is 8.98. The summed E-state index contributed by atoms with van der Waals surface area (Å²) in [5.41, 5.74) is 0. The van der Waals surface area contributed by atoms with E-state index in [-0.39, 0.29) is 17.7 Å². The van der Waals surface area contributed by atoms with Crippen LogP contribution in [0.15, 0.2) is 29.2 Å². The van der Waals surface area contributed by atoms with Crippen LogP contribution in [0.25, 0.3) is 0 Å². The van der Waals surface area contributed by atoms with Crippen LogP contribution in [0.5, 0.6) is 0 Å². The lowest BCUT2D eigenvalue weighted by Crippen LogP contribution is -2.35. The van der Waals surface area contributed by atoms with E-state index in [1.165, 1.54) is 16.7 Å². The number of rotatable bonds is 3. The molecule has 1 aromatic rings. The molecule has 0 aliphatic carbocycles. The lowest BCUT2D eigenvalue weighted by Gasteiger charge is -2.11. The van der Waals surface area contributed by atoms with Crippen LogP contribution in [0.4, 0.5) is 4.79 Å². The molecule has 4 nitrogen and oxygen atoms in total. The summed E-state index contributed by atoms with van der Waals surface area (Å²) in [6, 6.07) is 6.98. The van der Waals surface area contributed by atoms with Crippen LogP contribution in [0.2, 0.25) is 5.02 Å². The van der Waals surface area contributed by atoms with Gasteiger partial charge in [-0.1, -0.05) is 17.7 Å². The van der Waals surface area contributed by atoms with E-state index in [2.05, 4.69) is 5.32 Å². The Morgan fingerprint density at radius 1 is 1.53 bits per heavy atom. The van der Waals surface area contributed by atoms with Gasteiger partial charge in [0.2, 0.25) is 5.91 Å². The summed E-state index contributed by atoms with van der Waals surface area (Å²) in [5, 5.41) is 3.23. The number of hydrogen-bond donors (Lipinski definition) is 1. The predicted molar refractivity (Wildman–Crippen MR) is 67.3 cm³/mol. The smallest absolute Gasteiger partial charge is 0.324 e. The number of imide groups is 1. The maximum Gasteiger partial charge on any atom is 0.324 e. The summed E-state index contributed by atoms with van der Waals surface area (Å²) in [6.45, 7) is 0.986. The maximum absolute atomic E-state index is 11.7. The molecule has 17 heavy (non-hydrogen) atoms. The summed E-state index contributed by atoms with van der Waals surface area (Å²) in [4.78, 5) is 25.1. The van der Waals surface area contributed by atoms with E-state index in [9.17, 15) is 9.59 Å². The van der Waals surface area contributed by atoms with Crippen molar-refractivity contribution in [1.29, 1.82) is 0 Å². The minimum atomic E-state index is -0.304. The standard InChI is InChI=1S/C11H11ClN2O2S/c12-8-2-1-3-9(6-8)17-7-10(15)14-5-4-13-11(14)16/h1-3,6H,4-5,7H2,(H,13,16). The van der Waals surface area contributed by atoms with Crippen LogP contribution in [0, 0.1) is 0 Å². The van der Waals surface area contributed by atoms with Gasteiger partial charge in [0.05, 0.1) is 5.75 Å². The molecule has 0 spiro atoms. The summed E-state index contributed by atoms with van der Waals surface area (Å²) in [6.07, 6.45) is 0. The molecule has 2 rings (SSSR count). The average Bonchev–Trinajstić information content (AvgIpc) is 2.72. The fourth-order valence-electron chi connectivity index (χ4n) is 1.49. The highest BCUT2D eigenvalue weighted by molar-refractivity contribution is 8.00. The highest BCUT2D eigenvalue weighted by atomic mass is 35.5. The van der Waals surface area contributed by atoms with Crippen molar-refractivity contribution in [2.45, 2.75) is 4.90 Å². The zero-order valence-corrected chi connectivity index (χ0v) is 10.6. The summed E-state index contributed by atoms with van der Waals surface area (Å²) in [5.74, 6) is 0.0679. The van der Waals surface area contributed by atoms with Crippen LogP contribution >= 0.6 is 23.4 Å². The van der Waals surface area contributed by atoms with E-state index < -0.39 is 0 Å². The zero-order chi connectivity index (χ0) is 12.3. The van der Waals surface area contributed by atoms with Crippen LogP contribution in [-0.2, 0) is 4.79 Å². The Labute approximate surface area is 108 Å². The number of amides is 3. The van der Waals surface area contributed by atoms with Gasteiger partial charge in [0.15, 0.2) is 0 Å². The summed E-state index contributed by atoms with van der Waals surface area (Å²) in [7, 11) is 0. The normalized spacial score (nSPS) is 14.9. The van der Waals surface area contributed by atoms with Gasteiger partial charge in [-0.2, -0.15) is 0 Å². The molecule has 1 aliphatic heterocycles. The molecule has 6 heteroatoms. The molecule has 1 N–H and O–H groups in total. The molecule has 1 aromatic carbocycles. The minimum absolute atomic E-state index is 0.176. The van der Waals surface area contributed by atoms with Gasteiger partial charge >= 0.3 is 6.03 Å². The highest BCUT2D eigenvalue weighted by Crippen LogP contribution is 2.22. The Hall–Kier alpha value is -1.20. The molecule has 1 aliphatic rings. The molecule has 1 heterocycles. The Morgan fingerprint density at radius 2 is 2.35 bits per heavy atom. The number of benzene rings is 1. The lowest BCUT2D eigenvalue weighted by molar-refractivity contribution is -0.124. The van der Waals surface area contributed by atoms with Crippen molar-refractivity contribution in [3.05, 3.63) is 29.3 Å². The Balaban J connectivity index is 1.90. The van der Waals surface area contributed by atoms with E-state index in [0.29, 0.717) is 18.1 Å². The van der Waals surface area contributed by atoms with Crippen molar-refractivity contribution in [2.24, 2.45) is 0 Å². The van der Waals surface area contributed by atoms with Crippen molar-refractivity contribution in [2.75, 3.05) is 18.8 Å². The quantitative estimate of drug-likeness (QED) is 0.855. The minimum Gasteiger partial charge on any atom is -0.336 e. The SMILES string of the molecule is O=C(CSc1cccc(Cl)c1)N1CCNC1=O. The summed E-state index contributed by atoms with van der Waals surface area (Å²) >= 11 is 7.21. The van der Waals surface area contributed by atoms with Gasteiger partial charge in [0.25, 0.3) is 0 Å². The third-order valence-corrected chi connectivity index (χ3v) is 3.53. The highest BCUT2D eigenvalue weighted by Gasteiger charge is 2.25.